The number of anilines is 1. The third kappa shape index (κ3) is 4.42. The molecule has 0 N–H and O–H groups in total. The molecule has 0 atom stereocenters. The molecule has 0 unspecified atom stereocenters. The summed E-state index contributed by atoms with van der Waals surface area (Å²) in [6.45, 7) is 0. The maximum atomic E-state index is 12.8. The van der Waals surface area contributed by atoms with Gasteiger partial charge in [0, 0.05) is 0 Å². The molecule has 0 heterocycles. The molecule has 0 aliphatic carbocycles. The number of nitrogens with zero attached hydrogens (tertiary/aromatic N) is 1. The normalized spacial score (nSPS) is 10.2. The Kier molecular flexibility index (Phi) is 5.37. The SMILES string of the molecule is O=C(Cc1ccccc1)N(C(=O)Cc1ccccc1)c1ccccc1. The van der Waals surface area contributed by atoms with Gasteiger partial charge in [0.15, 0.2) is 0 Å². The summed E-state index contributed by atoms with van der Waals surface area (Å²) in [5, 5.41) is 0. The highest BCUT2D eigenvalue weighted by Gasteiger charge is 2.23. The third-order valence-electron chi connectivity index (χ3n) is 3.91. The first-order valence-corrected chi connectivity index (χ1v) is 8.23. The fourth-order valence-corrected chi connectivity index (χ4v) is 2.70. The van der Waals surface area contributed by atoms with Crippen LogP contribution in [-0.2, 0) is 22.4 Å². The van der Waals surface area contributed by atoms with Crippen molar-refractivity contribution < 1.29 is 9.59 Å². The average molecular weight is 329 g/mol. The Morgan fingerprint density at radius 1 is 0.560 bits per heavy atom. The van der Waals surface area contributed by atoms with Crippen molar-refractivity contribution in [1.29, 1.82) is 0 Å². The van der Waals surface area contributed by atoms with Crippen molar-refractivity contribution >= 4 is 17.5 Å². The van der Waals surface area contributed by atoms with E-state index in [0.29, 0.717) is 5.69 Å². The molecule has 0 aliphatic rings. The minimum atomic E-state index is -0.224. The van der Waals surface area contributed by atoms with Gasteiger partial charge in [0.2, 0.25) is 11.8 Å². The van der Waals surface area contributed by atoms with Crippen LogP contribution in [0.3, 0.4) is 0 Å². The second kappa shape index (κ2) is 8.06. The topological polar surface area (TPSA) is 37.4 Å². The molecule has 0 radical (unpaired) electrons. The van der Waals surface area contributed by atoms with Gasteiger partial charge in [-0.1, -0.05) is 78.9 Å². The van der Waals surface area contributed by atoms with E-state index in [-0.39, 0.29) is 24.7 Å². The molecule has 3 aromatic carbocycles. The molecule has 3 rings (SSSR count). The minimum Gasteiger partial charge on any atom is -0.274 e. The van der Waals surface area contributed by atoms with E-state index in [4.69, 9.17) is 0 Å². The van der Waals surface area contributed by atoms with E-state index in [2.05, 4.69) is 0 Å². The fraction of sp³-hybridized carbons (Fsp3) is 0.0909. The number of imide groups is 1. The predicted molar refractivity (Wildman–Crippen MR) is 99.2 cm³/mol. The number of hydrogen-bond donors (Lipinski definition) is 0. The zero-order valence-corrected chi connectivity index (χ0v) is 13.8. The maximum absolute atomic E-state index is 12.8. The van der Waals surface area contributed by atoms with E-state index in [0.717, 1.165) is 11.1 Å². The van der Waals surface area contributed by atoms with E-state index in [1.807, 2.05) is 78.9 Å². The molecule has 0 saturated carbocycles. The summed E-state index contributed by atoms with van der Waals surface area (Å²) >= 11 is 0. The lowest BCUT2D eigenvalue weighted by molar-refractivity contribution is -0.125. The average Bonchev–Trinajstić information content (AvgIpc) is 2.64. The van der Waals surface area contributed by atoms with Gasteiger partial charge in [-0.3, -0.25) is 14.5 Å². The lowest BCUT2D eigenvalue weighted by atomic mass is 10.1. The van der Waals surface area contributed by atoms with Crippen LogP contribution in [0.1, 0.15) is 11.1 Å². The Hall–Kier alpha value is -3.20. The molecule has 2 amide bonds. The monoisotopic (exact) mass is 329 g/mol. The summed E-state index contributed by atoms with van der Waals surface area (Å²) in [5.41, 5.74) is 2.38. The van der Waals surface area contributed by atoms with Crippen molar-refractivity contribution in [3.8, 4) is 0 Å². The second-order valence-corrected chi connectivity index (χ2v) is 5.78. The number of carbonyl (C=O) groups is 2. The van der Waals surface area contributed by atoms with Crippen molar-refractivity contribution in [2.45, 2.75) is 12.8 Å². The van der Waals surface area contributed by atoms with Gasteiger partial charge in [-0.2, -0.15) is 0 Å². The van der Waals surface area contributed by atoms with Crippen LogP contribution in [0.2, 0.25) is 0 Å². The van der Waals surface area contributed by atoms with Crippen LogP contribution in [0.4, 0.5) is 5.69 Å². The Balaban J connectivity index is 1.85. The van der Waals surface area contributed by atoms with Gasteiger partial charge in [-0.05, 0) is 23.3 Å². The Bertz CT molecular complexity index is 776. The molecule has 3 nitrogen and oxygen atoms in total. The number of para-hydroxylation sites is 1. The van der Waals surface area contributed by atoms with Gasteiger partial charge in [-0.15, -0.1) is 0 Å². The predicted octanol–water partition coefficient (Wildman–Crippen LogP) is 4.03. The number of hydrogen-bond acceptors (Lipinski definition) is 2. The summed E-state index contributed by atoms with van der Waals surface area (Å²) in [5.74, 6) is -0.448. The summed E-state index contributed by atoms with van der Waals surface area (Å²) in [6.07, 6.45) is 0.381. The van der Waals surface area contributed by atoms with Crippen molar-refractivity contribution in [3.63, 3.8) is 0 Å². The number of rotatable bonds is 5. The van der Waals surface area contributed by atoms with Crippen LogP contribution in [0, 0.1) is 0 Å². The van der Waals surface area contributed by atoms with Crippen LogP contribution in [0.25, 0.3) is 0 Å². The van der Waals surface area contributed by atoms with Gasteiger partial charge in [0.1, 0.15) is 0 Å². The molecule has 0 fully saturated rings. The molecule has 3 heteroatoms. The number of amides is 2. The van der Waals surface area contributed by atoms with Gasteiger partial charge in [-0.25, -0.2) is 0 Å². The standard InChI is InChI=1S/C22H19NO2/c24-21(16-18-10-4-1-5-11-18)23(20-14-8-3-9-15-20)22(25)17-19-12-6-2-7-13-19/h1-15H,16-17H2. The molecular formula is C22H19NO2. The van der Waals surface area contributed by atoms with Gasteiger partial charge in [0.05, 0.1) is 18.5 Å². The quantitative estimate of drug-likeness (QED) is 0.709. The first kappa shape index (κ1) is 16.7. The lowest BCUT2D eigenvalue weighted by Crippen LogP contribution is -2.39. The molecule has 25 heavy (non-hydrogen) atoms. The smallest absolute Gasteiger partial charge is 0.238 e. The number of carbonyl (C=O) groups excluding carboxylic acids is 2. The summed E-state index contributed by atoms with van der Waals surface area (Å²) in [6, 6.07) is 28.0. The van der Waals surface area contributed by atoms with Crippen molar-refractivity contribution in [2.75, 3.05) is 4.90 Å². The summed E-state index contributed by atoms with van der Waals surface area (Å²) in [7, 11) is 0. The molecule has 0 spiro atoms. The van der Waals surface area contributed by atoms with Gasteiger partial charge < -0.3 is 0 Å². The zero-order valence-electron chi connectivity index (χ0n) is 13.8. The van der Waals surface area contributed by atoms with E-state index >= 15 is 0 Å². The highest BCUT2D eigenvalue weighted by Crippen LogP contribution is 2.17. The first-order valence-electron chi connectivity index (χ1n) is 8.23. The lowest BCUT2D eigenvalue weighted by Gasteiger charge is -2.21. The Morgan fingerprint density at radius 3 is 1.32 bits per heavy atom. The molecular weight excluding hydrogens is 310 g/mol. The molecule has 124 valence electrons. The fourth-order valence-electron chi connectivity index (χ4n) is 2.70. The molecule has 0 bridgehead atoms. The van der Waals surface area contributed by atoms with Crippen molar-refractivity contribution in [2.24, 2.45) is 0 Å². The molecule has 3 aromatic rings. The van der Waals surface area contributed by atoms with Crippen molar-refractivity contribution in [3.05, 3.63) is 102 Å². The Morgan fingerprint density at radius 2 is 0.920 bits per heavy atom. The van der Waals surface area contributed by atoms with E-state index < -0.39 is 0 Å². The first-order chi connectivity index (χ1) is 12.2. The van der Waals surface area contributed by atoms with Crippen LogP contribution >= 0.6 is 0 Å². The largest absolute Gasteiger partial charge is 0.274 e. The second-order valence-electron chi connectivity index (χ2n) is 5.78. The van der Waals surface area contributed by atoms with Crippen molar-refractivity contribution in [1.82, 2.24) is 0 Å². The Labute approximate surface area is 147 Å². The van der Waals surface area contributed by atoms with Gasteiger partial charge >= 0.3 is 0 Å². The maximum Gasteiger partial charge on any atom is 0.238 e. The molecule has 0 aliphatic heterocycles. The summed E-state index contributed by atoms with van der Waals surface area (Å²) < 4.78 is 0. The van der Waals surface area contributed by atoms with Gasteiger partial charge in [0.25, 0.3) is 0 Å². The van der Waals surface area contributed by atoms with E-state index in [1.165, 1.54) is 4.90 Å². The highest BCUT2D eigenvalue weighted by molar-refractivity contribution is 6.15. The third-order valence-corrected chi connectivity index (χ3v) is 3.91. The van der Waals surface area contributed by atoms with Crippen LogP contribution in [-0.4, -0.2) is 11.8 Å². The summed E-state index contributed by atoms with van der Waals surface area (Å²) in [4.78, 5) is 27.0. The van der Waals surface area contributed by atoms with Crippen LogP contribution in [0.15, 0.2) is 91.0 Å². The van der Waals surface area contributed by atoms with Crippen LogP contribution in [0.5, 0.6) is 0 Å². The van der Waals surface area contributed by atoms with E-state index in [9.17, 15) is 9.59 Å². The minimum absolute atomic E-state index is 0.191. The molecule has 0 aromatic heterocycles. The van der Waals surface area contributed by atoms with Crippen LogP contribution < -0.4 is 4.90 Å². The van der Waals surface area contributed by atoms with E-state index in [1.54, 1.807) is 12.1 Å². The highest BCUT2D eigenvalue weighted by atomic mass is 16.2. The zero-order chi connectivity index (χ0) is 17.5. The molecule has 0 saturated heterocycles. The number of benzene rings is 3.